The Morgan fingerprint density at radius 2 is 1.81 bits per heavy atom. The Bertz CT molecular complexity index is 359. The molecule has 0 atom stereocenters. The highest BCUT2D eigenvalue weighted by molar-refractivity contribution is 7.17. The van der Waals surface area contributed by atoms with Gasteiger partial charge in [0, 0.05) is 13.1 Å². The van der Waals surface area contributed by atoms with Gasteiger partial charge in [0.05, 0.1) is 0 Å². The van der Waals surface area contributed by atoms with Crippen LogP contribution in [0.3, 0.4) is 0 Å². The van der Waals surface area contributed by atoms with Gasteiger partial charge in [-0.3, -0.25) is 4.79 Å². The van der Waals surface area contributed by atoms with Crippen molar-refractivity contribution in [3.63, 3.8) is 0 Å². The fourth-order valence-corrected chi connectivity index (χ4v) is 3.06. The Morgan fingerprint density at radius 3 is 2.38 bits per heavy atom. The molecule has 1 aliphatic heterocycles. The largest absolute Gasteiger partial charge is 0.348 e. The van der Waals surface area contributed by atoms with Crippen molar-refractivity contribution in [3.8, 4) is 0 Å². The maximum absolute atomic E-state index is 10.7. The molecule has 1 fully saturated rings. The summed E-state index contributed by atoms with van der Waals surface area (Å²) in [5.74, 6) is 0. The van der Waals surface area contributed by atoms with Crippen LogP contribution in [0.15, 0.2) is 0 Å². The number of anilines is 1. The molecule has 0 N–H and O–H groups in total. The van der Waals surface area contributed by atoms with Gasteiger partial charge in [0.15, 0.2) is 16.6 Å². The molecule has 0 bridgehead atoms. The minimum Gasteiger partial charge on any atom is -0.348 e. The van der Waals surface area contributed by atoms with Gasteiger partial charge in [0.25, 0.3) is 0 Å². The molecule has 0 unspecified atom stereocenters. The lowest BCUT2D eigenvalue weighted by Crippen LogP contribution is -2.26. The lowest BCUT2D eigenvalue weighted by Gasteiger charge is -2.23. The molecular formula is C11H15ClN2OS. The van der Waals surface area contributed by atoms with Crippen LogP contribution in [0.2, 0.25) is 5.15 Å². The molecule has 2 rings (SSSR count). The third-order valence-electron chi connectivity index (χ3n) is 2.83. The number of hydrogen-bond acceptors (Lipinski definition) is 4. The Balaban J connectivity index is 2.10. The summed E-state index contributed by atoms with van der Waals surface area (Å²) in [6.45, 7) is 2.06. The van der Waals surface area contributed by atoms with E-state index in [2.05, 4.69) is 9.88 Å². The van der Waals surface area contributed by atoms with Crippen LogP contribution in [0.1, 0.15) is 41.8 Å². The van der Waals surface area contributed by atoms with Crippen molar-refractivity contribution in [2.45, 2.75) is 32.1 Å². The van der Waals surface area contributed by atoms with E-state index in [0.29, 0.717) is 10.0 Å². The van der Waals surface area contributed by atoms with Gasteiger partial charge in [0.1, 0.15) is 4.88 Å². The SMILES string of the molecule is O=Cc1sc(N2CCCCCCC2)nc1Cl. The molecule has 0 aliphatic carbocycles. The second-order valence-electron chi connectivity index (χ2n) is 4.02. The lowest BCUT2D eigenvalue weighted by molar-refractivity contribution is 0.112. The van der Waals surface area contributed by atoms with E-state index < -0.39 is 0 Å². The Labute approximate surface area is 104 Å². The predicted molar refractivity (Wildman–Crippen MR) is 67.8 cm³/mol. The molecule has 88 valence electrons. The maximum Gasteiger partial charge on any atom is 0.187 e. The Hall–Kier alpha value is -0.610. The van der Waals surface area contributed by atoms with Crippen molar-refractivity contribution in [1.29, 1.82) is 0 Å². The van der Waals surface area contributed by atoms with Gasteiger partial charge in [-0.05, 0) is 12.8 Å². The van der Waals surface area contributed by atoms with Crippen LogP contribution in [-0.4, -0.2) is 24.4 Å². The molecule has 2 heterocycles. The van der Waals surface area contributed by atoms with E-state index >= 15 is 0 Å². The molecular weight excluding hydrogens is 244 g/mol. The molecule has 0 aromatic carbocycles. The minimum atomic E-state index is 0.344. The van der Waals surface area contributed by atoms with Gasteiger partial charge in [-0.1, -0.05) is 42.2 Å². The van der Waals surface area contributed by atoms with E-state index in [9.17, 15) is 4.79 Å². The van der Waals surface area contributed by atoms with Crippen molar-refractivity contribution >= 4 is 34.4 Å². The smallest absolute Gasteiger partial charge is 0.187 e. The maximum atomic E-state index is 10.7. The summed E-state index contributed by atoms with van der Waals surface area (Å²) < 4.78 is 0. The van der Waals surface area contributed by atoms with Gasteiger partial charge in [-0.25, -0.2) is 4.98 Å². The fourth-order valence-electron chi connectivity index (χ4n) is 1.95. The number of halogens is 1. The standard InChI is InChI=1S/C11H15ClN2OS/c12-10-9(8-15)16-11(13-10)14-6-4-2-1-3-5-7-14/h8H,1-7H2. The molecule has 1 saturated heterocycles. The van der Waals surface area contributed by atoms with Gasteiger partial charge in [0.2, 0.25) is 0 Å². The summed E-state index contributed by atoms with van der Waals surface area (Å²) >= 11 is 7.28. The number of thiazole rings is 1. The monoisotopic (exact) mass is 258 g/mol. The van der Waals surface area contributed by atoms with Gasteiger partial charge >= 0.3 is 0 Å². The molecule has 1 aromatic heterocycles. The number of nitrogens with zero attached hydrogens (tertiary/aromatic N) is 2. The highest BCUT2D eigenvalue weighted by atomic mass is 35.5. The topological polar surface area (TPSA) is 33.2 Å². The molecule has 0 spiro atoms. The first kappa shape index (κ1) is 11.9. The second-order valence-corrected chi connectivity index (χ2v) is 5.39. The van der Waals surface area contributed by atoms with Gasteiger partial charge in [-0.15, -0.1) is 0 Å². The van der Waals surface area contributed by atoms with Crippen molar-refractivity contribution in [3.05, 3.63) is 10.0 Å². The highest BCUT2D eigenvalue weighted by Gasteiger charge is 2.15. The molecule has 1 aliphatic rings. The third-order valence-corrected chi connectivity index (χ3v) is 4.27. The van der Waals surface area contributed by atoms with Crippen LogP contribution >= 0.6 is 22.9 Å². The Kier molecular flexibility index (Phi) is 4.18. The third kappa shape index (κ3) is 2.74. The summed E-state index contributed by atoms with van der Waals surface area (Å²) in [4.78, 5) is 17.8. The number of rotatable bonds is 2. The average molecular weight is 259 g/mol. The Morgan fingerprint density at radius 1 is 1.19 bits per heavy atom. The highest BCUT2D eigenvalue weighted by Crippen LogP contribution is 2.29. The normalized spacial score (nSPS) is 17.9. The van der Waals surface area contributed by atoms with Crippen LogP contribution in [0.4, 0.5) is 5.13 Å². The van der Waals surface area contributed by atoms with E-state index in [0.717, 1.165) is 24.5 Å². The summed E-state index contributed by atoms with van der Waals surface area (Å²) in [5.41, 5.74) is 0. The molecule has 0 saturated carbocycles. The van der Waals surface area contributed by atoms with E-state index in [1.54, 1.807) is 0 Å². The predicted octanol–water partition coefficient (Wildman–Crippen LogP) is 3.38. The summed E-state index contributed by atoms with van der Waals surface area (Å²) in [5, 5.41) is 1.24. The zero-order chi connectivity index (χ0) is 11.4. The summed E-state index contributed by atoms with van der Waals surface area (Å²) in [6.07, 6.45) is 7.10. The number of carbonyl (C=O) groups is 1. The van der Waals surface area contributed by atoms with E-state index in [4.69, 9.17) is 11.6 Å². The fraction of sp³-hybridized carbons (Fsp3) is 0.636. The zero-order valence-corrected chi connectivity index (χ0v) is 10.7. The number of aldehydes is 1. The quantitative estimate of drug-likeness (QED) is 0.763. The molecule has 0 amide bonds. The van der Waals surface area contributed by atoms with Gasteiger partial charge < -0.3 is 4.90 Å². The summed E-state index contributed by atoms with van der Waals surface area (Å²) in [7, 11) is 0. The van der Waals surface area contributed by atoms with Crippen LogP contribution in [-0.2, 0) is 0 Å². The van der Waals surface area contributed by atoms with Crippen LogP contribution in [0.5, 0.6) is 0 Å². The zero-order valence-electron chi connectivity index (χ0n) is 9.12. The first-order chi connectivity index (χ1) is 7.81. The lowest BCUT2D eigenvalue weighted by atomic mass is 10.1. The summed E-state index contributed by atoms with van der Waals surface area (Å²) in [6, 6.07) is 0. The number of hydrogen-bond donors (Lipinski definition) is 0. The molecule has 1 aromatic rings. The minimum absolute atomic E-state index is 0.344. The first-order valence-electron chi connectivity index (χ1n) is 5.67. The molecule has 5 heteroatoms. The molecule has 3 nitrogen and oxygen atoms in total. The van der Waals surface area contributed by atoms with Gasteiger partial charge in [-0.2, -0.15) is 0 Å². The molecule has 16 heavy (non-hydrogen) atoms. The van der Waals surface area contributed by atoms with Crippen LogP contribution in [0.25, 0.3) is 0 Å². The van der Waals surface area contributed by atoms with Crippen LogP contribution < -0.4 is 4.90 Å². The van der Waals surface area contributed by atoms with E-state index in [1.165, 1.54) is 43.4 Å². The van der Waals surface area contributed by atoms with Crippen LogP contribution in [0, 0.1) is 0 Å². The van der Waals surface area contributed by atoms with Crippen molar-refractivity contribution in [1.82, 2.24) is 4.98 Å². The second kappa shape index (κ2) is 5.64. The number of carbonyl (C=O) groups excluding carboxylic acids is 1. The van der Waals surface area contributed by atoms with E-state index in [1.807, 2.05) is 0 Å². The van der Waals surface area contributed by atoms with E-state index in [-0.39, 0.29) is 0 Å². The number of aromatic nitrogens is 1. The van der Waals surface area contributed by atoms with Crippen molar-refractivity contribution in [2.24, 2.45) is 0 Å². The van der Waals surface area contributed by atoms with Crippen molar-refractivity contribution in [2.75, 3.05) is 18.0 Å². The first-order valence-corrected chi connectivity index (χ1v) is 6.87. The van der Waals surface area contributed by atoms with Crippen molar-refractivity contribution < 1.29 is 4.79 Å². The average Bonchev–Trinajstić information content (AvgIpc) is 2.59. The molecule has 0 radical (unpaired) electrons.